The first-order valence-corrected chi connectivity index (χ1v) is 10.8. The van der Waals surface area contributed by atoms with Crippen LogP contribution in [-0.2, 0) is 21.5 Å². The molecular formula is C26H36N2O3. The third kappa shape index (κ3) is 7.42. The summed E-state index contributed by atoms with van der Waals surface area (Å²) in [5, 5.41) is 2.97. The summed E-state index contributed by atoms with van der Waals surface area (Å²) in [4.78, 5) is 27.6. The Bertz CT molecular complexity index is 880. The second kappa shape index (κ2) is 9.99. The average molecular weight is 425 g/mol. The van der Waals surface area contributed by atoms with Gasteiger partial charge in [0.25, 0.3) is 5.91 Å². The Balaban J connectivity index is 2.21. The average Bonchev–Trinajstić information content (AvgIpc) is 2.68. The number of hydrogen-bond donors (Lipinski definition) is 1. The van der Waals surface area contributed by atoms with Crippen LogP contribution in [0.25, 0.3) is 0 Å². The summed E-state index contributed by atoms with van der Waals surface area (Å²) in [6.07, 6.45) is 0. The van der Waals surface area contributed by atoms with Gasteiger partial charge in [-0.25, -0.2) is 0 Å². The summed E-state index contributed by atoms with van der Waals surface area (Å²) < 4.78 is 5.95. The topological polar surface area (TPSA) is 58.6 Å². The Hall–Kier alpha value is -2.82. The lowest BCUT2D eigenvalue weighted by molar-refractivity contribution is -0.142. The van der Waals surface area contributed by atoms with Crippen LogP contribution in [-0.4, -0.2) is 34.9 Å². The molecule has 5 nitrogen and oxygen atoms in total. The number of rotatable bonds is 7. The van der Waals surface area contributed by atoms with E-state index in [-0.39, 0.29) is 29.4 Å². The van der Waals surface area contributed by atoms with Crippen LogP contribution >= 0.6 is 0 Å². The standard InChI is InChI=1S/C26H36N2O3/c1-19(24(30)27-26(5,6)7)28(17-20-13-9-8-10-14-20)23(29)18-31-22-16-12-11-15-21(22)25(2,3)4/h8-16,19H,17-18H2,1-7H3,(H,27,30)/t19-/m0/s1. The zero-order valence-electron chi connectivity index (χ0n) is 19.9. The van der Waals surface area contributed by atoms with E-state index in [2.05, 4.69) is 26.1 Å². The van der Waals surface area contributed by atoms with Crippen LogP contribution in [0.3, 0.4) is 0 Å². The molecule has 0 aliphatic carbocycles. The zero-order chi connectivity index (χ0) is 23.2. The molecule has 0 bridgehead atoms. The molecule has 2 aromatic rings. The maximum absolute atomic E-state index is 13.2. The molecule has 0 aromatic heterocycles. The van der Waals surface area contributed by atoms with Crippen LogP contribution in [0.4, 0.5) is 0 Å². The minimum Gasteiger partial charge on any atom is -0.483 e. The van der Waals surface area contributed by atoms with Gasteiger partial charge < -0.3 is 15.0 Å². The third-order valence-corrected chi connectivity index (χ3v) is 4.91. The molecule has 0 aliphatic heterocycles. The van der Waals surface area contributed by atoms with Crippen LogP contribution in [0.15, 0.2) is 54.6 Å². The Morgan fingerprint density at radius 2 is 1.52 bits per heavy atom. The van der Waals surface area contributed by atoms with Crippen molar-refractivity contribution in [2.24, 2.45) is 0 Å². The minimum absolute atomic E-state index is 0.108. The molecule has 0 unspecified atom stereocenters. The second-order valence-electron chi connectivity index (χ2n) is 9.96. The fourth-order valence-electron chi connectivity index (χ4n) is 3.27. The monoisotopic (exact) mass is 424 g/mol. The Morgan fingerprint density at radius 3 is 2.10 bits per heavy atom. The van der Waals surface area contributed by atoms with Crippen molar-refractivity contribution in [2.45, 2.75) is 72.0 Å². The molecule has 0 heterocycles. The lowest BCUT2D eigenvalue weighted by Crippen LogP contribution is -2.53. The summed E-state index contributed by atoms with van der Waals surface area (Å²) in [5.41, 5.74) is 1.51. The first-order valence-electron chi connectivity index (χ1n) is 10.8. The number of carbonyl (C=O) groups excluding carboxylic acids is 2. The second-order valence-corrected chi connectivity index (χ2v) is 9.96. The summed E-state index contributed by atoms with van der Waals surface area (Å²) in [7, 11) is 0. The van der Waals surface area contributed by atoms with Crippen molar-refractivity contribution in [3.63, 3.8) is 0 Å². The quantitative estimate of drug-likeness (QED) is 0.701. The van der Waals surface area contributed by atoms with E-state index in [4.69, 9.17) is 4.74 Å². The molecule has 0 spiro atoms. The van der Waals surface area contributed by atoms with Gasteiger partial charge in [0.1, 0.15) is 11.8 Å². The van der Waals surface area contributed by atoms with E-state index in [1.165, 1.54) is 0 Å². The number of carbonyl (C=O) groups is 2. The largest absolute Gasteiger partial charge is 0.483 e. The van der Waals surface area contributed by atoms with Crippen molar-refractivity contribution < 1.29 is 14.3 Å². The smallest absolute Gasteiger partial charge is 0.261 e. The Kier molecular flexibility index (Phi) is 7.88. The molecule has 2 amide bonds. The molecule has 1 atom stereocenters. The molecule has 1 N–H and O–H groups in total. The van der Waals surface area contributed by atoms with Crippen LogP contribution in [0.2, 0.25) is 0 Å². The van der Waals surface area contributed by atoms with Crippen LogP contribution in [0.1, 0.15) is 59.6 Å². The summed E-state index contributed by atoms with van der Waals surface area (Å²) in [6.45, 7) is 14.1. The highest BCUT2D eigenvalue weighted by atomic mass is 16.5. The van der Waals surface area contributed by atoms with Gasteiger partial charge in [-0.15, -0.1) is 0 Å². The van der Waals surface area contributed by atoms with Crippen LogP contribution in [0, 0.1) is 0 Å². The van der Waals surface area contributed by atoms with E-state index in [0.717, 1.165) is 11.1 Å². The first-order chi connectivity index (χ1) is 14.4. The van der Waals surface area contributed by atoms with Crippen molar-refractivity contribution in [2.75, 3.05) is 6.61 Å². The molecule has 0 fully saturated rings. The molecule has 0 saturated carbocycles. The van der Waals surface area contributed by atoms with Gasteiger partial charge in [0, 0.05) is 12.1 Å². The first kappa shape index (κ1) is 24.4. The zero-order valence-corrected chi connectivity index (χ0v) is 19.9. The number of nitrogens with one attached hydrogen (secondary N) is 1. The number of hydrogen-bond acceptors (Lipinski definition) is 3. The maximum Gasteiger partial charge on any atom is 0.261 e. The molecule has 2 aromatic carbocycles. The molecule has 31 heavy (non-hydrogen) atoms. The highest BCUT2D eigenvalue weighted by molar-refractivity contribution is 5.88. The van der Waals surface area contributed by atoms with Crippen molar-refractivity contribution in [1.82, 2.24) is 10.2 Å². The highest BCUT2D eigenvalue weighted by Crippen LogP contribution is 2.31. The van der Waals surface area contributed by atoms with Gasteiger partial charge in [-0.3, -0.25) is 9.59 Å². The van der Waals surface area contributed by atoms with Gasteiger partial charge >= 0.3 is 0 Å². The van der Waals surface area contributed by atoms with Crippen molar-refractivity contribution in [3.05, 3.63) is 65.7 Å². The van der Waals surface area contributed by atoms with Crippen LogP contribution in [0.5, 0.6) is 5.75 Å². The lowest BCUT2D eigenvalue weighted by atomic mass is 9.86. The fourth-order valence-corrected chi connectivity index (χ4v) is 3.27. The maximum atomic E-state index is 13.2. The molecule has 0 saturated heterocycles. The minimum atomic E-state index is -0.631. The molecule has 5 heteroatoms. The van der Waals surface area contributed by atoms with E-state index in [1.54, 1.807) is 11.8 Å². The van der Waals surface area contributed by atoms with Gasteiger partial charge in [0.05, 0.1) is 0 Å². The molecule has 168 valence electrons. The number of para-hydroxylation sites is 1. The summed E-state index contributed by atoms with van der Waals surface area (Å²) in [5.74, 6) is 0.269. The molecule has 2 rings (SSSR count). The Morgan fingerprint density at radius 1 is 0.935 bits per heavy atom. The molecular weight excluding hydrogens is 388 g/mol. The van der Waals surface area contributed by atoms with Gasteiger partial charge in [0.2, 0.25) is 5.91 Å². The Labute approximate surface area is 186 Å². The number of benzene rings is 2. The van der Waals surface area contributed by atoms with Crippen molar-refractivity contribution >= 4 is 11.8 Å². The summed E-state index contributed by atoms with van der Waals surface area (Å²) >= 11 is 0. The van der Waals surface area contributed by atoms with Gasteiger partial charge in [-0.2, -0.15) is 0 Å². The van der Waals surface area contributed by atoms with Gasteiger partial charge in [-0.05, 0) is 50.3 Å². The van der Waals surface area contributed by atoms with Gasteiger partial charge in [-0.1, -0.05) is 69.3 Å². The normalized spacial score (nSPS) is 12.7. The van der Waals surface area contributed by atoms with Gasteiger partial charge in [0.15, 0.2) is 6.61 Å². The van der Waals surface area contributed by atoms with E-state index in [1.807, 2.05) is 75.4 Å². The fraction of sp³-hybridized carbons (Fsp3) is 0.462. The predicted octanol–water partition coefficient (Wildman–Crippen LogP) is 4.69. The predicted molar refractivity (Wildman–Crippen MR) is 125 cm³/mol. The highest BCUT2D eigenvalue weighted by Gasteiger charge is 2.29. The third-order valence-electron chi connectivity index (χ3n) is 4.91. The summed E-state index contributed by atoms with van der Waals surface area (Å²) in [6, 6.07) is 16.8. The van der Waals surface area contributed by atoms with Crippen molar-refractivity contribution in [1.29, 1.82) is 0 Å². The van der Waals surface area contributed by atoms with E-state index in [0.29, 0.717) is 12.3 Å². The number of nitrogens with zero attached hydrogens (tertiary/aromatic N) is 1. The lowest BCUT2D eigenvalue weighted by Gasteiger charge is -2.31. The molecule has 0 radical (unpaired) electrons. The SMILES string of the molecule is C[C@@H](C(=O)NC(C)(C)C)N(Cc1ccccc1)C(=O)COc1ccccc1C(C)(C)C. The van der Waals surface area contributed by atoms with Crippen LogP contribution < -0.4 is 10.1 Å². The number of ether oxygens (including phenoxy) is 1. The van der Waals surface area contributed by atoms with Crippen molar-refractivity contribution in [3.8, 4) is 5.75 Å². The molecule has 0 aliphatic rings. The van der Waals surface area contributed by atoms with E-state index >= 15 is 0 Å². The number of amides is 2. The van der Waals surface area contributed by atoms with E-state index < -0.39 is 6.04 Å². The van der Waals surface area contributed by atoms with E-state index in [9.17, 15) is 9.59 Å².